The van der Waals surface area contributed by atoms with Crippen LogP contribution in [0.1, 0.15) is 49.0 Å². The predicted octanol–water partition coefficient (Wildman–Crippen LogP) is 4.89. The molecule has 1 unspecified atom stereocenters. The van der Waals surface area contributed by atoms with Crippen LogP contribution in [0.4, 0.5) is 5.69 Å². The second-order valence-electron chi connectivity index (χ2n) is 8.37. The maximum Gasteiger partial charge on any atom is 0.261 e. The number of benzene rings is 1. The molecule has 0 saturated heterocycles. The van der Waals surface area contributed by atoms with Crippen LogP contribution in [0, 0.1) is 5.92 Å². The molecule has 0 spiro atoms. The van der Waals surface area contributed by atoms with Gasteiger partial charge < -0.3 is 10.1 Å². The van der Waals surface area contributed by atoms with E-state index in [1.54, 1.807) is 30.1 Å². The molecule has 3 heterocycles. The molecule has 32 heavy (non-hydrogen) atoms. The highest BCUT2D eigenvalue weighted by atomic mass is 127. The molecule has 1 fully saturated rings. The third kappa shape index (κ3) is 3.94. The fourth-order valence-corrected chi connectivity index (χ4v) is 5.25. The molecule has 1 saturated carbocycles. The number of nitrogens with zero attached hydrogens (tertiary/aromatic N) is 5. The zero-order valence-electron chi connectivity index (χ0n) is 18.0. The smallest absolute Gasteiger partial charge is 0.261 e. The summed E-state index contributed by atoms with van der Waals surface area (Å²) < 4.78 is 9.94. The number of anilines is 1. The van der Waals surface area contributed by atoms with Crippen molar-refractivity contribution >= 4 is 50.7 Å². The maximum atomic E-state index is 13.0. The fraction of sp³-hybridized carbons (Fsp3) is 0.391. The summed E-state index contributed by atoms with van der Waals surface area (Å²) in [6, 6.07) is 6.00. The molecule has 1 N–H and O–H groups in total. The van der Waals surface area contributed by atoms with Crippen LogP contribution < -0.4 is 10.1 Å². The summed E-state index contributed by atoms with van der Waals surface area (Å²) in [5.74, 6) is 1.09. The van der Waals surface area contributed by atoms with Crippen molar-refractivity contribution in [1.82, 2.24) is 24.4 Å². The van der Waals surface area contributed by atoms with Crippen molar-refractivity contribution in [3.63, 3.8) is 0 Å². The van der Waals surface area contributed by atoms with E-state index in [1.165, 1.54) is 19.0 Å². The van der Waals surface area contributed by atoms with Crippen molar-refractivity contribution in [2.75, 3.05) is 12.4 Å². The van der Waals surface area contributed by atoms with Crippen LogP contribution in [0.15, 0.2) is 43.0 Å². The Morgan fingerprint density at radius 2 is 2.09 bits per heavy atom. The molecule has 8 nitrogen and oxygen atoms in total. The lowest BCUT2D eigenvalue weighted by molar-refractivity contribution is 0.102. The number of aromatic nitrogens is 5. The molecular weight excluding hydrogens is 519 g/mol. The summed E-state index contributed by atoms with van der Waals surface area (Å²) in [6.07, 6.45) is 11.8. The summed E-state index contributed by atoms with van der Waals surface area (Å²) in [5.41, 5.74) is 2.38. The molecule has 5 rings (SSSR count). The van der Waals surface area contributed by atoms with Gasteiger partial charge in [0, 0.05) is 34.0 Å². The molecule has 0 bridgehead atoms. The molecule has 1 aromatic carbocycles. The highest BCUT2D eigenvalue weighted by Crippen LogP contribution is 2.37. The van der Waals surface area contributed by atoms with Crippen LogP contribution in [-0.2, 0) is 0 Å². The minimum Gasteiger partial charge on any atom is -0.494 e. The van der Waals surface area contributed by atoms with E-state index in [0.717, 1.165) is 29.7 Å². The van der Waals surface area contributed by atoms with Crippen LogP contribution in [0.2, 0.25) is 0 Å². The zero-order valence-corrected chi connectivity index (χ0v) is 20.2. The third-order valence-corrected chi connectivity index (χ3v) is 7.40. The Hall–Kier alpha value is -2.69. The molecule has 0 radical (unpaired) electrons. The minimum absolute atomic E-state index is 0.282. The Morgan fingerprint density at radius 3 is 2.84 bits per heavy atom. The number of alkyl halides is 1. The summed E-state index contributed by atoms with van der Waals surface area (Å²) in [6.45, 7) is 2.30. The molecule has 1 amide bonds. The number of methoxy groups -OCH3 is 1. The van der Waals surface area contributed by atoms with Gasteiger partial charge in [-0.05, 0) is 43.7 Å². The van der Waals surface area contributed by atoms with Crippen molar-refractivity contribution in [2.45, 2.75) is 42.6 Å². The van der Waals surface area contributed by atoms with Crippen LogP contribution in [0.3, 0.4) is 0 Å². The Bertz CT molecular complexity index is 1270. The van der Waals surface area contributed by atoms with Gasteiger partial charge in [-0.25, -0.2) is 9.50 Å². The molecule has 3 aromatic heterocycles. The average molecular weight is 544 g/mol. The lowest BCUT2D eigenvalue weighted by Gasteiger charge is -2.30. The number of hydrogen-bond acceptors (Lipinski definition) is 5. The van der Waals surface area contributed by atoms with Gasteiger partial charge in [0.15, 0.2) is 5.65 Å². The second kappa shape index (κ2) is 8.68. The number of ether oxygens (including phenoxy) is 1. The van der Waals surface area contributed by atoms with Crippen molar-refractivity contribution in [3.05, 3.63) is 48.5 Å². The molecule has 4 aromatic rings. The minimum atomic E-state index is -0.282. The summed E-state index contributed by atoms with van der Waals surface area (Å²) in [5, 5.41) is 13.0. The number of fused-ring (bicyclic) bond motifs is 2. The quantitative estimate of drug-likeness (QED) is 0.286. The molecule has 1 aliphatic rings. The van der Waals surface area contributed by atoms with E-state index < -0.39 is 0 Å². The largest absolute Gasteiger partial charge is 0.494 e. The van der Waals surface area contributed by atoms with Gasteiger partial charge in [-0.2, -0.15) is 10.2 Å². The van der Waals surface area contributed by atoms with Gasteiger partial charge in [-0.15, -0.1) is 0 Å². The normalized spacial score (nSPS) is 19.8. The number of carbonyl (C=O) groups excluding carboxylic acids is 1. The molecule has 1 atom stereocenters. The van der Waals surface area contributed by atoms with E-state index >= 15 is 0 Å². The first-order valence-corrected chi connectivity index (χ1v) is 12.1. The third-order valence-electron chi connectivity index (χ3n) is 6.38. The van der Waals surface area contributed by atoms with E-state index in [0.29, 0.717) is 32.6 Å². The van der Waals surface area contributed by atoms with Gasteiger partial charge in [0.05, 0.1) is 30.6 Å². The van der Waals surface area contributed by atoms with Crippen molar-refractivity contribution in [2.24, 2.45) is 5.92 Å². The van der Waals surface area contributed by atoms with Gasteiger partial charge in [0.25, 0.3) is 5.91 Å². The molecule has 9 heteroatoms. The summed E-state index contributed by atoms with van der Waals surface area (Å²) >= 11 is 2.54. The number of rotatable bonds is 5. The van der Waals surface area contributed by atoms with E-state index in [1.807, 2.05) is 12.1 Å². The van der Waals surface area contributed by atoms with Crippen LogP contribution in [-0.4, -0.2) is 41.3 Å². The van der Waals surface area contributed by atoms with Gasteiger partial charge in [0.1, 0.15) is 11.3 Å². The number of hydrogen-bond donors (Lipinski definition) is 1. The van der Waals surface area contributed by atoms with Gasteiger partial charge in [-0.3, -0.25) is 9.48 Å². The maximum absolute atomic E-state index is 13.0. The molecule has 1 aliphatic carbocycles. The van der Waals surface area contributed by atoms with E-state index in [9.17, 15) is 4.79 Å². The first kappa shape index (κ1) is 21.2. The molecule has 0 aliphatic heterocycles. The van der Waals surface area contributed by atoms with E-state index in [4.69, 9.17) is 9.84 Å². The van der Waals surface area contributed by atoms with Crippen molar-refractivity contribution in [1.29, 1.82) is 0 Å². The van der Waals surface area contributed by atoms with Crippen molar-refractivity contribution < 1.29 is 9.53 Å². The zero-order chi connectivity index (χ0) is 22.2. The van der Waals surface area contributed by atoms with Crippen LogP contribution >= 0.6 is 22.6 Å². The highest BCUT2D eigenvalue weighted by Gasteiger charge is 2.26. The number of amides is 1. The molecule has 166 valence electrons. The Balaban J connectivity index is 1.40. The van der Waals surface area contributed by atoms with Gasteiger partial charge >= 0.3 is 0 Å². The Morgan fingerprint density at radius 1 is 1.28 bits per heavy atom. The first-order chi connectivity index (χ1) is 15.5. The summed E-state index contributed by atoms with van der Waals surface area (Å²) in [4.78, 5) is 17.2. The lowest BCUT2D eigenvalue weighted by Crippen LogP contribution is -2.22. The number of nitrogens with one attached hydrogen (secondary N) is 1. The Labute approximate surface area is 199 Å². The fourth-order valence-electron chi connectivity index (χ4n) is 4.53. The molecular formula is C23H25IN6O2. The van der Waals surface area contributed by atoms with Gasteiger partial charge in [0.2, 0.25) is 0 Å². The highest BCUT2D eigenvalue weighted by molar-refractivity contribution is 14.1. The van der Waals surface area contributed by atoms with Gasteiger partial charge in [-0.1, -0.05) is 29.5 Å². The van der Waals surface area contributed by atoms with Crippen LogP contribution in [0.25, 0.3) is 16.6 Å². The predicted molar refractivity (Wildman–Crippen MR) is 132 cm³/mol. The SMILES string of the molecule is COc1cc2nn([C@H]3CC[C@H](C(C)I)CC3)cc2cc1NC(=O)c1cnn2cccnc12. The monoisotopic (exact) mass is 544 g/mol. The first-order valence-electron chi connectivity index (χ1n) is 10.8. The Kier molecular flexibility index (Phi) is 5.75. The average Bonchev–Trinajstić information content (AvgIpc) is 3.42. The van der Waals surface area contributed by atoms with E-state index in [2.05, 4.69) is 55.8 Å². The standard InChI is InChI=1S/C23H25IN6O2/c1-14(24)15-4-6-17(7-5-15)30-13-16-10-20(21(32-2)11-19(16)28-30)27-23(31)18-12-26-29-9-3-8-25-22(18)29/h3,8-15,17H,4-7H2,1-2H3,(H,27,31)/t14?,15-,17-. The number of halogens is 1. The topological polar surface area (TPSA) is 86.3 Å². The lowest BCUT2D eigenvalue weighted by atomic mass is 9.84. The van der Waals surface area contributed by atoms with Crippen molar-refractivity contribution in [3.8, 4) is 5.75 Å². The summed E-state index contributed by atoms with van der Waals surface area (Å²) in [7, 11) is 1.59. The second-order valence-corrected chi connectivity index (χ2v) is 10.3. The van der Waals surface area contributed by atoms with Crippen LogP contribution in [0.5, 0.6) is 5.75 Å². The number of carbonyl (C=O) groups is 1. The van der Waals surface area contributed by atoms with E-state index in [-0.39, 0.29) is 5.91 Å².